The number of urea groups is 1. The van der Waals surface area contributed by atoms with Gasteiger partial charge in [0.25, 0.3) is 0 Å². The molecule has 0 aliphatic heterocycles. The number of anilines is 1. The van der Waals surface area contributed by atoms with E-state index < -0.39 is 0 Å². The highest BCUT2D eigenvalue weighted by molar-refractivity contribution is 6.31. The van der Waals surface area contributed by atoms with Crippen LogP contribution >= 0.6 is 0 Å². The fraction of sp³-hybridized carbons (Fsp3) is 0.333. The van der Waals surface area contributed by atoms with Crippen molar-refractivity contribution in [2.24, 2.45) is 0 Å². The lowest BCUT2D eigenvalue weighted by Crippen LogP contribution is -2.25. The van der Waals surface area contributed by atoms with Crippen molar-refractivity contribution in [2.45, 2.75) is 6.92 Å². The predicted octanol–water partition coefficient (Wildman–Crippen LogP) is -0.472. The van der Waals surface area contributed by atoms with E-state index in [1.54, 1.807) is 6.92 Å². The number of aromatic nitrogens is 1. The van der Waals surface area contributed by atoms with E-state index in [1.165, 1.54) is 7.05 Å². The summed E-state index contributed by atoms with van der Waals surface area (Å²) in [5, 5.41) is 8.35. The van der Waals surface area contributed by atoms with Crippen molar-refractivity contribution < 1.29 is 9.32 Å². The van der Waals surface area contributed by atoms with Gasteiger partial charge in [0.05, 0.1) is 5.66 Å². The Morgan fingerprint density at radius 2 is 2.33 bits per heavy atom. The van der Waals surface area contributed by atoms with Gasteiger partial charge in [-0.3, -0.25) is 5.32 Å². The Hall–Kier alpha value is -1.46. The molecule has 0 saturated heterocycles. The van der Waals surface area contributed by atoms with E-state index in [9.17, 15) is 4.79 Å². The van der Waals surface area contributed by atoms with Gasteiger partial charge in [0.2, 0.25) is 0 Å². The zero-order chi connectivity index (χ0) is 9.14. The third-order valence-corrected chi connectivity index (χ3v) is 1.42. The second-order valence-corrected chi connectivity index (χ2v) is 2.22. The molecular weight excluding hydrogens is 157 g/mol. The van der Waals surface area contributed by atoms with Crippen molar-refractivity contribution >= 4 is 25.4 Å². The van der Waals surface area contributed by atoms with E-state index >= 15 is 0 Å². The smallest absolute Gasteiger partial charge is 0.320 e. The first-order chi connectivity index (χ1) is 5.65. The average molecular weight is 165 g/mol. The summed E-state index contributed by atoms with van der Waals surface area (Å²) in [5.41, 5.74) is 0.833. The third-order valence-electron chi connectivity index (χ3n) is 1.42. The molecule has 0 bridgehead atoms. The van der Waals surface area contributed by atoms with Gasteiger partial charge in [0, 0.05) is 12.6 Å². The van der Waals surface area contributed by atoms with Crippen LogP contribution in [0.5, 0.6) is 0 Å². The summed E-state index contributed by atoms with van der Waals surface area (Å²) in [6.07, 6.45) is 0. The van der Waals surface area contributed by atoms with Crippen LogP contribution in [0.15, 0.2) is 4.52 Å². The van der Waals surface area contributed by atoms with Crippen molar-refractivity contribution in [3.8, 4) is 0 Å². The van der Waals surface area contributed by atoms with Crippen LogP contribution in [0, 0.1) is 6.92 Å². The molecule has 0 unspecified atom stereocenters. The van der Waals surface area contributed by atoms with Gasteiger partial charge in [0.15, 0.2) is 13.7 Å². The minimum absolute atomic E-state index is 0.210. The number of carbonyl (C=O) groups is 1. The standard InChI is InChI=1S/C6H8BN3O2/c1-3-4(7)12-10-5(3)9-6(11)8-2/h1-2H3,(H2,8,9,10,11). The van der Waals surface area contributed by atoms with Crippen LogP contribution in [-0.4, -0.2) is 26.1 Å². The molecule has 5 nitrogen and oxygen atoms in total. The molecule has 2 amide bonds. The number of rotatable bonds is 1. The van der Waals surface area contributed by atoms with Crippen LogP contribution < -0.4 is 16.3 Å². The average Bonchev–Trinajstić information content (AvgIpc) is 2.36. The van der Waals surface area contributed by atoms with Crippen molar-refractivity contribution in [1.82, 2.24) is 10.5 Å². The number of carbonyl (C=O) groups excluding carboxylic acids is 1. The lowest BCUT2D eigenvalue weighted by Gasteiger charge is -1.99. The first kappa shape index (κ1) is 8.64. The predicted molar refractivity (Wildman–Crippen MR) is 44.7 cm³/mol. The van der Waals surface area contributed by atoms with Crippen LogP contribution in [0.3, 0.4) is 0 Å². The number of amides is 2. The summed E-state index contributed by atoms with van der Waals surface area (Å²) in [6.45, 7) is 1.71. The first-order valence-electron chi connectivity index (χ1n) is 3.35. The Kier molecular flexibility index (Phi) is 2.37. The van der Waals surface area contributed by atoms with Crippen LogP contribution in [0.2, 0.25) is 0 Å². The summed E-state index contributed by atoms with van der Waals surface area (Å²) >= 11 is 0. The van der Waals surface area contributed by atoms with Gasteiger partial charge in [-0.25, -0.2) is 4.79 Å². The van der Waals surface area contributed by atoms with Crippen LogP contribution in [0.25, 0.3) is 0 Å². The lowest BCUT2D eigenvalue weighted by atomic mass is 10.0. The molecule has 0 aliphatic carbocycles. The number of hydrogen-bond acceptors (Lipinski definition) is 3. The topological polar surface area (TPSA) is 67.2 Å². The minimum atomic E-state index is -0.355. The second kappa shape index (κ2) is 3.29. The fourth-order valence-corrected chi connectivity index (χ4v) is 0.635. The Morgan fingerprint density at radius 3 is 2.75 bits per heavy atom. The van der Waals surface area contributed by atoms with E-state index in [2.05, 4.69) is 20.3 Å². The van der Waals surface area contributed by atoms with Gasteiger partial charge in [-0.1, -0.05) is 5.16 Å². The van der Waals surface area contributed by atoms with Crippen LogP contribution in [-0.2, 0) is 0 Å². The highest BCUT2D eigenvalue weighted by Gasteiger charge is 2.08. The maximum atomic E-state index is 10.8. The van der Waals surface area contributed by atoms with Crippen LogP contribution in [0.4, 0.5) is 10.6 Å². The molecule has 0 saturated carbocycles. The molecule has 1 aromatic rings. The summed E-state index contributed by atoms with van der Waals surface area (Å²) in [6, 6.07) is -0.355. The Balaban J connectivity index is 2.76. The summed E-state index contributed by atoms with van der Waals surface area (Å²) < 4.78 is 4.63. The van der Waals surface area contributed by atoms with Gasteiger partial charge in [-0.15, -0.1) is 0 Å². The van der Waals surface area contributed by atoms with Gasteiger partial charge in [-0.05, 0) is 6.92 Å². The zero-order valence-corrected chi connectivity index (χ0v) is 6.84. The van der Waals surface area contributed by atoms with E-state index in [0.717, 1.165) is 0 Å². The van der Waals surface area contributed by atoms with Crippen molar-refractivity contribution in [1.29, 1.82) is 0 Å². The maximum absolute atomic E-state index is 10.8. The molecule has 62 valence electrons. The molecule has 6 heteroatoms. The quantitative estimate of drug-likeness (QED) is 0.552. The lowest BCUT2D eigenvalue weighted by molar-refractivity contribution is 0.253. The highest BCUT2D eigenvalue weighted by atomic mass is 16.5. The van der Waals surface area contributed by atoms with E-state index in [0.29, 0.717) is 11.4 Å². The maximum Gasteiger partial charge on any atom is 0.320 e. The molecule has 2 N–H and O–H groups in total. The molecule has 0 aliphatic rings. The summed E-state index contributed by atoms with van der Waals surface area (Å²) in [7, 11) is 6.86. The molecule has 1 rings (SSSR count). The van der Waals surface area contributed by atoms with Gasteiger partial charge < -0.3 is 9.84 Å². The van der Waals surface area contributed by atoms with E-state index in [-0.39, 0.29) is 11.7 Å². The van der Waals surface area contributed by atoms with Crippen LogP contribution in [0.1, 0.15) is 5.56 Å². The molecule has 1 heterocycles. The largest absolute Gasteiger partial charge is 0.371 e. The molecule has 0 fully saturated rings. The number of hydrogen-bond donors (Lipinski definition) is 2. The third kappa shape index (κ3) is 1.58. The Labute approximate surface area is 70.9 Å². The van der Waals surface area contributed by atoms with Crippen molar-refractivity contribution in [3.63, 3.8) is 0 Å². The minimum Gasteiger partial charge on any atom is -0.371 e. The normalized spacial score (nSPS) is 9.50. The summed E-state index contributed by atoms with van der Waals surface area (Å²) in [4.78, 5) is 10.8. The molecule has 2 radical (unpaired) electrons. The molecular formula is C6H8BN3O2. The summed E-state index contributed by atoms with van der Waals surface area (Å²) in [5.74, 6) is 0.340. The van der Waals surface area contributed by atoms with Gasteiger partial charge in [0.1, 0.15) is 0 Å². The fourth-order valence-electron chi connectivity index (χ4n) is 0.635. The molecule has 1 aromatic heterocycles. The highest BCUT2D eigenvalue weighted by Crippen LogP contribution is 2.06. The molecule has 0 spiro atoms. The van der Waals surface area contributed by atoms with E-state index in [1.807, 2.05) is 0 Å². The number of nitrogens with one attached hydrogen (secondary N) is 2. The molecule has 0 aromatic carbocycles. The second-order valence-electron chi connectivity index (χ2n) is 2.22. The van der Waals surface area contributed by atoms with Crippen molar-refractivity contribution in [3.05, 3.63) is 5.56 Å². The number of nitrogens with zero attached hydrogens (tertiary/aromatic N) is 1. The molecule has 12 heavy (non-hydrogen) atoms. The van der Waals surface area contributed by atoms with Gasteiger partial charge in [-0.2, -0.15) is 0 Å². The Bertz CT molecular complexity index is 297. The van der Waals surface area contributed by atoms with Crippen molar-refractivity contribution in [2.75, 3.05) is 12.4 Å². The first-order valence-corrected chi connectivity index (χ1v) is 3.35. The van der Waals surface area contributed by atoms with E-state index in [4.69, 9.17) is 7.85 Å². The monoisotopic (exact) mass is 165 g/mol. The van der Waals surface area contributed by atoms with Gasteiger partial charge >= 0.3 is 6.03 Å². The SMILES string of the molecule is [B]c1onc(NC(=O)NC)c1C. The Morgan fingerprint density at radius 1 is 1.67 bits per heavy atom. The zero-order valence-electron chi connectivity index (χ0n) is 6.84. The molecule has 0 atom stereocenters.